The molecule has 0 radical (unpaired) electrons. The van der Waals surface area contributed by atoms with Crippen molar-refractivity contribution in [1.82, 2.24) is 0 Å². The van der Waals surface area contributed by atoms with E-state index >= 15 is 0 Å². The van der Waals surface area contributed by atoms with Gasteiger partial charge in [-0.15, -0.1) is 0 Å². The molecule has 1 fully saturated rings. The number of esters is 2. The van der Waals surface area contributed by atoms with E-state index in [-0.39, 0.29) is 21.4 Å². The Morgan fingerprint density at radius 3 is 2.00 bits per heavy atom. The molecular formula is C13H10Cl2O5. The first-order chi connectivity index (χ1) is 9.19. The minimum absolute atomic E-state index is 0.00206. The van der Waals surface area contributed by atoms with E-state index in [0.717, 1.165) is 0 Å². The Morgan fingerprint density at radius 2 is 1.55 bits per heavy atom. The number of hydrogen-bond acceptors (Lipinski definition) is 5. The van der Waals surface area contributed by atoms with Crippen molar-refractivity contribution in [1.29, 1.82) is 0 Å². The minimum atomic E-state index is -1.30. The van der Waals surface area contributed by atoms with Crippen LogP contribution in [0.4, 0.5) is 0 Å². The summed E-state index contributed by atoms with van der Waals surface area (Å²) in [5.74, 6) is -3.17. The highest BCUT2D eigenvalue weighted by atomic mass is 35.5. The van der Waals surface area contributed by atoms with Crippen molar-refractivity contribution < 1.29 is 24.2 Å². The maximum absolute atomic E-state index is 11.8. The fourth-order valence-electron chi connectivity index (χ4n) is 1.61. The molecule has 1 aromatic carbocycles. The molecule has 0 saturated carbocycles. The molecule has 0 atom stereocenters. The largest absolute Gasteiger partial charge is 0.505 e. The topological polar surface area (TPSA) is 72.8 Å². The molecule has 0 unspecified atom stereocenters. The van der Waals surface area contributed by atoms with E-state index in [1.54, 1.807) is 0 Å². The van der Waals surface area contributed by atoms with Gasteiger partial charge in [0.25, 0.3) is 5.79 Å². The molecule has 1 saturated heterocycles. The van der Waals surface area contributed by atoms with Crippen LogP contribution in [0.2, 0.25) is 10.0 Å². The van der Waals surface area contributed by atoms with Gasteiger partial charge >= 0.3 is 11.9 Å². The zero-order valence-corrected chi connectivity index (χ0v) is 12.1. The minimum Gasteiger partial charge on any atom is -0.505 e. The Labute approximate surface area is 124 Å². The Kier molecular flexibility index (Phi) is 3.67. The standard InChI is InChI=1S/C13H10Cl2O5/c1-13(2)19-11(17)7(12(18)20-13)3-6-4-8(14)10(16)9(15)5-6/h3-5,16H,1-2H3. The van der Waals surface area contributed by atoms with E-state index in [0.29, 0.717) is 5.56 Å². The van der Waals surface area contributed by atoms with Crippen LogP contribution in [0.5, 0.6) is 5.75 Å². The van der Waals surface area contributed by atoms with Crippen LogP contribution in [-0.4, -0.2) is 22.8 Å². The molecule has 0 bridgehead atoms. The highest BCUT2D eigenvalue weighted by molar-refractivity contribution is 6.37. The Bertz CT molecular complexity index is 589. The number of carbonyl (C=O) groups excluding carboxylic acids is 2. The summed E-state index contributed by atoms with van der Waals surface area (Å²) >= 11 is 11.5. The summed E-state index contributed by atoms with van der Waals surface area (Å²) in [6.07, 6.45) is 1.23. The molecule has 0 aliphatic carbocycles. The molecule has 7 heteroatoms. The molecule has 0 spiro atoms. The van der Waals surface area contributed by atoms with Crippen molar-refractivity contribution in [2.24, 2.45) is 0 Å². The first-order valence-corrected chi connectivity index (χ1v) is 6.31. The Hall–Kier alpha value is -1.72. The van der Waals surface area contributed by atoms with Gasteiger partial charge in [0.2, 0.25) is 0 Å². The van der Waals surface area contributed by atoms with Gasteiger partial charge in [0, 0.05) is 13.8 Å². The predicted octanol–water partition coefficient (Wildman–Crippen LogP) is 2.92. The molecule has 5 nitrogen and oxygen atoms in total. The van der Waals surface area contributed by atoms with Crippen molar-refractivity contribution in [3.63, 3.8) is 0 Å². The molecule has 1 heterocycles. The molecule has 2 rings (SSSR count). The Morgan fingerprint density at radius 1 is 1.10 bits per heavy atom. The van der Waals surface area contributed by atoms with Crippen LogP contribution in [0.1, 0.15) is 19.4 Å². The maximum atomic E-state index is 11.8. The summed E-state index contributed by atoms with van der Waals surface area (Å²) in [7, 11) is 0. The number of benzene rings is 1. The van der Waals surface area contributed by atoms with Crippen LogP contribution in [0, 0.1) is 0 Å². The van der Waals surface area contributed by atoms with Gasteiger partial charge in [-0.2, -0.15) is 0 Å². The molecule has 0 amide bonds. The van der Waals surface area contributed by atoms with Gasteiger partial charge in [0.15, 0.2) is 5.75 Å². The summed E-state index contributed by atoms with van der Waals surface area (Å²) < 4.78 is 9.89. The average Bonchev–Trinajstić information content (AvgIpc) is 2.29. The van der Waals surface area contributed by atoms with Gasteiger partial charge in [0.1, 0.15) is 5.57 Å². The number of hydrogen-bond donors (Lipinski definition) is 1. The van der Waals surface area contributed by atoms with Crippen molar-refractivity contribution in [3.05, 3.63) is 33.3 Å². The monoisotopic (exact) mass is 316 g/mol. The van der Waals surface area contributed by atoms with Gasteiger partial charge in [-0.05, 0) is 23.8 Å². The number of aromatic hydroxyl groups is 1. The lowest BCUT2D eigenvalue weighted by atomic mass is 10.1. The van der Waals surface area contributed by atoms with Gasteiger partial charge in [0.05, 0.1) is 10.0 Å². The molecule has 1 aliphatic rings. The quantitative estimate of drug-likeness (QED) is 0.490. The van der Waals surface area contributed by atoms with Crippen LogP contribution in [0.15, 0.2) is 17.7 Å². The number of phenols is 1. The third-order valence-electron chi connectivity index (χ3n) is 2.47. The van der Waals surface area contributed by atoms with E-state index in [2.05, 4.69) is 0 Å². The number of phenolic OH excluding ortho intramolecular Hbond substituents is 1. The molecule has 1 aromatic rings. The fraction of sp³-hybridized carbons (Fsp3) is 0.231. The van der Waals surface area contributed by atoms with Crippen LogP contribution < -0.4 is 0 Å². The number of ether oxygens (including phenoxy) is 2. The van der Waals surface area contributed by atoms with E-state index < -0.39 is 17.7 Å². The fourth-order valence-corrected chi connectivity index (χ4v) is 2.12. The number of halogens is 2. The summed E-state index contributed by atoms with van der Waals surface area (Å²) in [5, 5.41) is 9.45. The lowest BCUT2D eigenvalue weighted by Crippen LogP contribution is -2.41. The summed E-state index contributed by atoms with van der Waals surface area (Å²) in [6, 6.07) is 2.71. The SMILES string of the molecule is CC1(C)OC(=O)C(=Cc2cc(Cl)c(O)c(Cl)c2)C(=O)O1. The zero-order valence-electron chi connectivity index (χ0n) is 10.6. The molecule has 1 N–H and O–H groups in total. The first kappa shape index (κ1) is 14.7. The molecule has 20 heavy (non-hydrogen) atoms. The Balaban J connectivity index is 2.41. The first-order valence-electron chi connectivity index (χ1n) is 5.56. The summed E-state index contributed by atoms with van der Waals surface area (Å²) in [5.41, 5.74) is 0.0866. The van der Waals surface area contributed by atoms with Crippen LogP contribution in [0.25, 0.3) is 6.08 Å². The lowest BCUT2D eigenvalue weighted by Gasteiger charge is -2.29. The maximum Gasteiger partial charge on any atom is 0.348 e. The van der Waals surface area contributed by atoms with Crippen molar-refractivity contribution in [2.45, 2.75) is 19.6 Å². The third kappa shape index (κ3) is 2.89. The summed E-state index contributed by atoms with van der Waals surface area (Å²) in [4.78, 5) is 23.5. The van der Waals surface area contributed by atoms with Crippen LogP contribution in [-0.2, 0) is 19.1 Å². The van der Waals surface area contributed by atoms with E-state index in [9.17, 15) is 14.7 Å². The van der Waals surface area contributed by atoms with Gasteiger partial charge in [-0.25, -0.2) is 9.59 Å². The number of rotatable bonds is 1. The molecule has 1 aliphatic heterocycles. The van der Waals surface area contributed by atoms with Gasteiger partial charge in [-0.3, -0.25) is 0 Å². The molecular weight excluding hydrogens is 307 g/mol. The smallest absolute Gasteiger partial charge is 0.348 e. The second-order valence-electron chi connectivity index (χ2n) is 4.57. The van der Waals surface area contributed by atoms with Gasteiger partial charge in [-0.1, -0.05) is 23.2 Å². The van der Waals surface area contributed by atoms with Crippen molar-refractivity contribution in [2.75, 3.05) is 0 Å². The van der Waals surface area contributed by atoms with Crippen LogP contribution in [0.3, 0.4) is 0 Å². The third-order valence-corrected chi connectivity index (χ3v) is 3.04. The highest BCUT2D eigenvalue weighted by Gasteiger charge is 2.38. The van der Waals surface area contributed by atoms with Gasteiger partial charge < -0.3 is 14.6 Å². The van der Waals surface area contributed by atoms with E-state index in [4.69, 9.17) is 32.7 Å². The average molecular weight is 317 g/mol. The second-order valence-corrected chi connectivity index (χ2v) is 5.38. The lowest BCUT2D eigenvalue weighted by molar-refractivity contribution is -0.222. The second kappa shape index (κ2) is 5.00. The van der Waals surface area contributed by atoms with E-state index in [1.807, 2.05) is 0 Å². The molecule has 106 valence electrons. The highest BCUT2D eigenvalue weighted by Crippen LogP contribution is 2.34. The zero-order chi connectivity index (χ0) is 15.1. The predicted molar refractivity (Wildman–Crippen MR) is 72.4 cm³/mol. The number of carbonyl (C=O) groups is 2. The van der Waals surface area contributed by atoms with Crippen molar-refractivity contribution in [3.8, 4) is 5.75 Å². The normalized spacial score (nSPS) is 17.5. The van der Waals surface area contributed by atoms with E-state index in [1.165, 1.54) is 32.1 Å². The molecule has 0 aromatic heterocycles. The summed E-state index contributed by atoms with van der Waals surface area (Å²) in [6.45, 7) is 2.90. The number of cyclic esters (lactones) is 2. The van der Waals surface area contributed by atoms with Crippen molar-refractivity contribution >= 4 is 41.2 Å². The van der Waals surface area contributed by atoms with Crippen LogP contribution >= 0.6 is 23.2 Å².